The Morgan fingerprint density at radius 3 is 2.77 bits per heavy atom. The van der Waals surface area contributed by atoms with Crippen molar-refractivity contribution in [3.8, 4) is 0 Å². The lowest BCUT2D eigenvalue weighted by atomic mass is 9.90. The third-order valence-electron chi connectivity index (χ3n) is 5.26. The van der Waals surface area contributed by atoms with Crippen molar-refractivity contribution >= 4 is 22.9 Å². The molecule has 2 bridgehead atoms. The molecule has 1 N–H and O–H groups in total. The molecule has 0 spiro atoms. The number of hydrazone groups is 1. The zero-order chi connectivity index (χ0) is 14.9. The summed E-state index contributed by atoms with van der Waals surface area (Å²) in [5.41, 5.74) is 3.39. The van der Waals surface area contributed by atoms with E-state index >= 15 is 0 Å². The number of carbonyl (C=O) groups excluding carboxylic acids is 1. The first-order valence-electron chi connectivity index (χ1n) is 8.12. The van der Waals surface area contributed by atoms with Gasteiger partial charge >= 0.3 is 0 Å². The summed E-state index contributed by atoms with van der Waals surface area (Å²) in [5, 5.41) is 6.28. The van der Waals surface area contributed by atoms with Crippen LogP contribution >= 0.6 is 0 Å². The van der Waals surface area contributed by atoms with Gasteiger partial charge in [0.05, 0.1) is 0 Å². The van der Waals surface area contributed by atoms with E-state index in [0.29, 0.717) is 11.5 Å². The molecule has 0 radical (unpaired) electrons. The smallest absolute Gasteiger partial charge is 0.267 e. The maximum absolute atomic E-state index is 12.4. The van der Waals surface area contributed by atoms with Crippen LogP contribution in [0.1, 0.15) is 36.0 Å². The second-order valence-electron chi connectivity index (χ2n) is 6.58. The second-order valence-corrected chi connectivity index (χ2v) is 6.58. The number of rotatable bonds is 3. The van der Waals surface area contributed by atoms with Gasteiger partial charge in [0.2, 0.25) is 0 Å². The maximum atomic E-state index is 12.4. The molecule has 3 atom stereocenters. The predicted molar refractivity (Wildman–Crippen MR) is 88.8 cm³/mol. The first-order chi connectivity index (χ1) is 10.8. The molecule has 3 heteroatoms. The molecule has 2 aliphatic rings. The summed E-state index contributed by atoms with van der Waals surface area (Å²) in [5.74, 6) is 2.13. The van der Waals surface area contributed by atoms with E-state index in [9.17, 15) is 4.79 Å². The van der Waals surface area contributed by atoms with Crippen LogP contribution in [-0.2, 0) is 0 Å². The number of nitrogens with zero attached hydrogens (tertiary/aromatic N) is 1. The summed E-state index contributed by atoms with van der Waals surface area (Å²) >= 11 is 0. The SMILES string of the molecule is O=C(NN=C[C@@H]1C[C@H]2CC[C@H]1C2)c1cccc2ccccc12. The molecule has 0 heterocycles. The number of hydrogen-bond donors (Lipinski definition) is 1. The molecule has 2 saturated carbocycles. The van der Waals surface area contributed by atoms with Crippen molar-refractivity contribution in [3.05, 3.63) is 48.0 Å². The van der Waals surface area contributed by atoms with Crippen molar-refractivity contribution in [3.63, 3.8) is 0 Å². The maximum Gasteiger partial charge on any atom is 0.271 e. The van der Waals surface area contributed by atoms with Crippen molar-refractivity contribution < 1.29 is 4.79 Å². The van der Waals surface area contributed by atoms with Gasteiger partial charge in [0.1, 0.15) is 0 Å². The Morgan fingerprint density at radius 2 is 1.95 bits per heavy atom. The van der Waals surface area contributed by atoms with E-state index in [1.165, 1.54) is 25.7 Å². The summed E-state index contributed by atoms with van der Waals surface area (Å²) in [6.45, 7) is 0. The average Bonchev–Trinajstić information content (AvgIpc) is 3.17. The van der Waals surface area contributed by atoms with E-state index < -0.39 is 0 Å². The highest BCUT2D eigenvalue weighted by Gasteiger charge is 2.38. The van der Waals surface area contributed by atoms with Gasteiger partial charge in [-0.25, -0.2) is 5.43 Å². The van der Waals surface area contributed by atoms with Crippen LogP contribution in [0.15, 0.2) is 47.6 Å². The van der Waals surface area contributed by atoms with Crippen molar-refractivity contribution in [2.24, 2.45) is 22.9 Å². The van der Waals surface area contributed by atoms with E-state index in [1.807, 2.05) is 48.7 Å². The Kier molecular flexibility index (Phi) is 3.41. The molecule has 2 aromatic rings. The predicted octanol–water partition coefficient (Wildman–Crippen LogP) is 3.99. The van der Waals surface area contributed by atoms with E-state index in [1.54, 1.807) is 0 Å². The van der Waals surface area contributed by atoms with Gasteiger partial charge in [-0.3, -0.25) is 4.79 Å². The number of nitrogens with one attached hydrogen (secondary N) is 1. The first kappa shape index (κ1) is 13.5. The largest absolute Gasteiger partial charge is 0.271 e. The first-order valence-corrected chi connectivity index (χ1v) is 8.12. The number of hydrogen-bond acceptors (Lipinski definition) is 2. The van der Waals surface area contributed by atoms with Gasteiger partial charge in [-0.1, -0.05) is 42.8 Å². The molecular formula is C19H20N2O. The van der Waals surface area contributed by atoms with Crippen molar-refractivity contribution in [1.29, 1.82) is 0 Å². The molecule has 2 aromatic carbocycles. The van der Waals surface area contributed by atoms with Crippen molar-refractivity contribution in [1.82, 2.24) is 5.43 Å². The molecular weight excluding hydrogens is 272 g/mol. The quantitative estimate of drug-likeness (QED) is 0.674. The molecule has 0 saturated heterocycles. The standard InChI is InChI=1S/C19H20N2O/c22-19(18-7-3-5-14-4-1-2-6-17(14)18)21-20-12-16-11-13-8-9-15(16)10-13/h1-7,12-13,15-16H,8-11H2,(H,21,22)/t13-,15-,16-/m0/s1. The fourth-order valence-electron chi connectivity index (χ4n) is 4.15. The normalized spacial score (nSPS) is 26.8. The summed E-state index contributed by atoms with van der Waals surface area (Å²) in [6.07, 6.45) is 7.29. The number of carbonyl (C=O) groups is 1. The number of benzene rings is 2. The third kappa shape index (κ3) is 2.41. The Labute approximate surface area is 130 Å². The van der Waals surface area contributed by atoms with Crippen molar-refractivity contribution in [2.45, 2.75) is 25.7 Å². The number of amides is 1. The van der Waals surface area contributed by atoms with Gasteiger partial charge < -0.3 is 0 Å². The van der Waals surface area contributed by atoms with Crippen LogP contribution in [0.2, 0.25) is 0 Å². The Morgan fingerprint density at radius 1 is 1.09 bits per heavy atom. The lowest BCUT2D eigenvalue weighted by Crippen LogP contribution is -2.20. The van der Waals surface area contributed by atoms with Crippen LogP contribution in [0.5, 0.6) is 0 Å². The zero-order valence-electron chi connectivity index (χ0n) is 12.5. The lowest BCUT2D eigenvalue weighted by molar-refractivity contribution is 0.0956. The van der Waals surface area contributed by atoms with Crippen LogP contribution < -0.4 is 5.43 Å². The highest BCUT2D eigenvalue weighted by Crippen LogP contribution is 2.47. The molecule has 1 amide bonds. The van der Waals surface area contributed by atoms with E-state index in [0.717, 1.165) is 22.6 Å². The topological polar surface area (TPSA) is 41.5 Å². The molecule has 0 unspecified atom stereocenters. The molecule has 22 heavy (non-hydrogen) atoms. The van der Waals surface area contributed by atoms with Gasteiger partial charge in [-0.05, 0) is 53.9 Å². The molecule has 0 aliphatic heterocycles. The Bertz CT molecular complexity index is 732. The monoisotopic (exact) mass is 292 g/mol. The van der Waals surface area contributed by atoms with E-state index in [4.69, 9.17) is 0 Å². The minimum atomic E-state index is -0.129. The molecule has 4 rings (SSSR count). The van der Waals surface area contributed by atoms with Gasteiger partial charge in [-0.2, -0.15) is 5.10 Å². The van der Waals surface area contributed by atoms with Gasteiger partial charge in [0.15, 0.2) is 0 Å². The zero-order valence-corrected chi connectivity index (χ0v) is 12.5. The molecule has 3 nitrogen and oxygen atoms in total. The Hall–Kier alpha value is -2.16. The van der Waals surface area contributed by atoms with Gasteiger partial charge in [-0.15, -0.1) is 0 Å². The van der Waals surface area contributed by atoms with Gasteiger partial charge in [0.25, 0.3) is 5.91 Å². The van der Waals surface area contributed by atoms with Crippen LogP contribution in [0.3, 0.4) is 0 Å². The molecule has 0 aromatic heterocycles. The third-order valence-corrected chi connectivity index (χ3v) is 5.26. The highest BCUT2D eigenvalue weighted by molar-refractivity contribution is 6.07. The number of fused-ring (bicyclic) bond motifs is 3. The summed E-state index contributed by atoms with van der Waals surface area (Å²) in [7, 11) is 0. The van der Waals surface area contributed by atoms with Gasteiger partial charge in [0, 0.05) is 11.8 Å². The fourth-order valence-corrected chi connectivity index (χ4v) is 4.15. The van der Waals surface area contributed by atoms with Crippen LogP contribution in [0, 0.1) is 17.8 Å². The minimum Gasteiger partial charge on any atom is -0.267 e. The van der Waals surface area contributed by atoms with Crippen LogP contribution in [0.4, 0.5) is 0 Å². The highest BCUT2D eigenvalue weighted by atomic mass is 16.2. The molecule has 2 aliphatic carbocycles. The lowest BCUT2D eigenvalue weighted by Gasteiger charge is -2.16. The van der Waals surface area contributed by atoms with Crippen molar-refractivity contribution in [2.75, 3.05) is 0 Å². The van der Waals surface area contributed by atoms with Crippen LogP contribution in [-0.4, -0.2) is 12.1 Å². The summed E-state index contributed by atoms with van der Waals surface area (Å²) < 4.78 is 0. The molecule has 112 valence electrons. The average molecular weight is 292 g/mol. The van der Waals surface area contributed by atoms with Crippen LogP contribution in [0.25, 0.3) is 10.8 Å². The van der Waals surface area contributed by atoms with E-state index in [2.05, 4.69) is 10.5 Å². The fraction of sp³-hybridized carbons (Fsp3) is 0.368. The molecule has 2 fully saturated rings. The minimum absolute atomic E-state index is 0.129. The summed E-state index contributed by atoms with van der Waals surface area (Å²) in [6, 6.07) is 13.7. The summed E-state index contributed by atoms with van der Waals surface area (Å²) in [4.78, 5) is 12.4. The Balaban J connectivity index is 1.47. The van der Waals surface area contributed by atoms with E-state index in [-0.39, 0.29) is 5.91 Å². The second kappa shape index (κ2) is 5.56.